The van der Waals surface area contributed by atoms with Gasteiger partial charge in [-0.2, -0.15) is 0 Å². The van der Waals surface area contributed by atoms with E-state index in [1.807, 2.05) is 13.1 Å². The van der Waals surface area contributed by atoms with Crippen LogP contribution in [0.3, 0.4) is 0 Å². The first-order chi connectivity index (χ1) is 9.28. The van der Waals surface area contributed by atoms with Gasteiger partial charge in [-0.3, -0.25) is 9.98 Å². The van der Waals surface area contributed by atoms with Crippen LogP contribution in [0, 0.1) is 12.8 Å². The molecule has 0 spiro atoms. The molecule has 1 aromatic rings. The van der Waals surface area contributed by atoms with E-state index in [-0.39, 0.29) is 0 Å². The Morgan fingerprint density at radius 2 is 2.21 bits per heavy atom. The first-order valence-corrected chi connectivity index (χ1v) is 7.21. The molecule has 1 fully saturated rings. The third kappa shape index (κ3) is 5.28. The Hall–Kier alpha value is -1.58. The Balaban J connectivity index is 1.74. The zero-order chi connectivity index (χ0) is 13.5. The van der Waals surface area contributed by atoms with E-state index in [0.29, 0.717) is 0 Å². The lowest BCUT2D eigenvalue weighted by Crippen LogP contribution is -2.38. The second kappa shape index (κ2) is 7.12. The molecule has 4 heteroatoms. The summed E-state index contributed by atoms with van der Waals surface area (Å²) < 4.78 is 0. The summed E-state index contributed by atoms with van der Waals surface area (Å²) in [5.41, 5.74) is 2.33. The van der Waals surface area contributed by atoms with Crippen LogP contribution in [0.2, 0.25) is 0 Å². The molecule has 0 unspecified atom stereocenters. The SMILES string of the molecule is CCNC(=NCC1CC1)NCCc1ccc(C)nc1. The van der Waals surface area contributed by atoms with Gasteiger partial charge in [0.2, 0.25) is 0 Å². The summed E-state index contributed by atoms with van der Waals surface area (Å²) in [6.07, 6.45) is 5.61. The first-order valence-electron chi connectivity index (χ1n) is 7.21. The highest BCUT2D eigenvalue weighted by Gasteiger charge is 2.20. The summed E-state index contributed by atoms with van der Waals surface area (Å²) >= 11 is 0. The molecule has 1 saturated carbocycles. The van der Waals surface area contributed by atoms with Crippen molar-refractivity contribution in [3.05, 3.63) is 29.6 Å². The van der Waals surface area contributed by atoms with Crippen molar-refractivity contribution in [2.45, 2.75) is 33.1 Å². The minimum Gasteiger partial charge on any atom is -0.357 e. The third-order valence-electron chi connectivity index (χ3n) is 3.23. The number of nitrogens with one attached hydrogen (secondary N) is 2. The van der Waals surface area contributed by atoms with Crippen LogP contribution in [0.25, 0.3) is 0 Å². The van der Waals surface area contributed by atoms with E-state index in [1.165, 1.54) is 18.4 Å². The molecule has 1 aromatic heterocycles. The number of hydrogen-bond donors (Lipinski definition) is 2. The van der Waals surface area contributed by atoms with Crippen LogP contribution < -0.4 is 10.6 Å². The number of guanidine groups is 1. The average Bonchev–Trinajstić information content (AvgIpc) is 3.22. The summed E-state index contributed by atoms with van der Waals surface area (Å²) in [4.78, 5) is 8.91. The fraction of sp³-hybridized carbons (Fsp3) is 0.600. The van der Waals surface area contributed by atoms with E-state index in [0.717, 1.165) is 43.6 Å². The number of pyridine rings is 1. The van der Waals surface area contributed by atoms with Crippen molar-refractivity contribution in [1.29, 1.82) is 0 Å². The Morgan fingerprint density at radius 1 is 1.37 bits per heavy atom. The van der Waals surface area contributed by atoms with Crippen molar-refractivity contribution in [3.63, 3.8) is 0 Å². The highest BCUT2D eigenvalue weighted by atomic mass is 15.2. The summed E-state index contributed by atoms with van der Waals surface area (Å²) in [7, 11) is 0. The van der Waals surface area contributed by atoms with Gasteiger partial charge in [0.05, 0.1) is 0 Å². The van der Waals surface area contributed by atoms with E-state index >= 15 is 0 Å². The zero-order valence-corrected chi connectivity index (χ0v) is 11.9. The molecular weight excluding hydrogens is 236 g/mol. The van der Waals surface area contributed by atoms with Gasteiger partial charge in [-0.1, -0.05) is 6.07 Å². The fourth-order valence-electron chi connectivity index (χ4n) is 1.83. The maximum Gasteiger partial charge on any atom is 0.191 e. The number of rotatable bonds is 6. The Morgan fingerprint density at radius 3 is 2.84 bits per heavy atom. The lowest BCUT2D eigenvalue weighted by atomic mass is 10.2. The quantitative estimate of drug-likeness (QED) is 0.606. The highest BCUT2D eigenvalue weighted by molar-refractivity contribution is 5.79. The van der Waals surface area contributed by atoms with Gasteiger partial charge in [0.25, 0.3) is 0 Å². The molecule has 4 nitrogen and oxygen atoms in total. The molecule has 0 atom stereocenters. The van der Waals surface area contributed by atoms with E-state index in [2.05, 4.69) is 39.7 Å². The normalized spacial score (nSPS) is 15.4. The van der Waals surface area contributed by atoms with Crippen LogP contribution in [-0.4, -0.2) is 30.6 Å². The minimum absolute atomic E-state index is 0.830. The molecule has 19 heavy (non-hydrogen) atoms. The van der Waals surface area contributed by atoms with Crippen LogP contribution in [0.4, 0.5) is 0 Å². The van der Waals surface area contributed by atoms with Crippen molar-refractivity contribution in [1.82, 2.24) is 15.6 Å². The Labute approximate surface area is 115 Å². The van der Waals surface area contributed by atoms with Crippen LogP contribution in [-0.2, 0) is 6.42 Å². The van der Waals surface area contributed by atoms with Gasteiger partial charge in [-0.05, 0) is 50.7 Å². The number of nitrogens with zero attached hydrogens (tertiary/aromatic N) is 2. The van der Waals surface area contributed by atoms with Gasteiger partial charge in [0, 0.05) is 31.5 Å². The van der Waals surface area contributed by atoms with E-state index in [4.69, 9.17) is 0 Å². The summed E-state index contributed by atoms with van der Waals surface area (Å²) in [6.45, 7) is 6.86. The smallest absolute Gasteiger partial charge is 0.191 e. The van der Waals surface area contributed by atoms with Gasteiger partial charge in [-0.25, -0.2) is 0 Å². The fourth-order valence-corrected chi connectivity index (χ4v) is 1.83. The average molecular weight is 260 g/mol. The van der Waals surface area contributed by atoms with Gasteiger partial charge in [-0.15, -0.1) is 0 Å². The van der Waals surface area contributed by atoms with Crippen molar-refractivity contribution in [2.24, 2.45) is 10.9 Å². The van der Waals surface area contributed by atoms with Crippen LogP contribution >= 0.6 is 0 Å². The molecule has 1 aliphatic carbocycles. The van der Waals surface area contributed by atoms with Gasteiger partial charge in [0.15, 0.2) is 5.96 Å². The molecular formula is C15H24N4. The molecule has 0 amide bonds. The second-order valence-corrected chi connectivity index (χ2v) is 5.15. The highest BCUT2D eigenvalue weighted by Crippen LogP contribution is 2.28. The standard InChI is InChI=1S/C15H24N4/c1-3-16-15(19-11-13-6-7-13)17-9-8-14-5-4-12(2)18-10-14/h4-5,10,13H,3,6-9,11H2,1-2H3,(H2,16,17,19). The van der Waals surface area contributed by atoms with Crippen molar-refractivity contribution in [2.75, 3.05) is 19.6 Å². The predicted molar refractivity (Wildman–Crippen MR) is 79.4 cm³/mol. The van der Waals surface area contributed by atoms with Crippen LogP contribution in [0.1, 0.15) is 31.0 Å². The van der Waals surface area contributed by atoms with E-state index < -0.39 is 0 Å². The number of aromatic nitrogens is 1. The molecule has 104 valence electrons. The molecule has 1 aliphatic rings. The van der Waals surface area contributed by atoms with Crippen molar-refractivity contribution in [3.8, 4) is 0 Å². The van der Waals surface area contributed by atoms with E-state index in [1.54, 1.807) is 0 Å². The lowest BCUT2D eigenvalue weighted by molar-refractivity contribution is 0.775. The van der Waals surface area contributed by atoms with Gasteiger partial charge < -0.3 is 10.6 Å². The number of aliphatic imine (C=N–C) groups is 1. The maximum absolute atomic E-state index is 4.60. The first kappa shape index (κ1) is 13.8. The third-order valence-corrected chi connectivity index (χ3v) is 3.23. The van der Waals surface area contributed by atoms with Crippen LogP contribution in [0.5, 0.6) is 0 Å². The largest absolute Gasteiger partial charge is 0.357 e. The maximum atomic E-state index is 4.60. The van der Waals surface area contributed by atoms with Gasteiger partial charge in [0.1, 0.15) is 0 Å². The van der Waals surface area contributed by atoms with Crippen LogP contribution in [0.15, 0.2) is 23.3 Å². The molecule has 0 aromatic carbocycles. The van der Waals surface area contributed by atoms with E-state index in [9.17, 15) is 0 Å². The van der Waals surface area contributed by atoms with Crippen molar-refractivity contribution < 1.29 is 0 Å². The van der Waals surface area contributed by atoms with Gasteiger partial charge >= 0.3 is 0 Å². The molecule has 1 heterocycles. The summed E-state index contributed by atoms with van der Waals surface area (Å²) in [5.74, 6) is 1.77. The Kier molecular flexibility index (Phi) is 5.19. The second-order valence-electron chi connectivity index (χ2n) is 5.15. The summed E-state index contributed by atoms with van der Waals surface area (Å²) in [6, 6.07) is 4.19. The Bertz CT molecular complexity index is 407. The zero-order valence-electron chi connectivity index (χ0n) is 11.9. The minimum atomic E-state index is 0.830. The molecule has 2 rings (SSSR count). The molecule has 0 bridgehead atoms. The van der Waals surface area contributed by atoms with Crippen molar-refractivity contribution >= 4 is 5.96 Å². The lowest BCUT2D eigenvalue weighted by Gasteiger charge is -2.11. The molecule has 0 aliphatic heterocycles. The molecule has 0 radical (unpaired) electrons. The number of aryl methyl sites for hydroxylation is 1. The summed E-state index contributed by atoms with van der Waals surface area (Å²) in [5, 5.41) is 6.66. The monoisotopic (exact) mass is 260 g/mol. The topological polar surface area (TPSA) is 49.3 Å². The predicted octanol–water partition coefficient (Wildman–Crippen LogP) is 1.90. The molecule has 0 saturated heterocycles. The molecule has 2 N–H and O–H groups in total. The number of hydrogen-bond acceptors (Lipinski definition) is 2.